The van der Waals surface area contributed by atoms with Gasteiger partial charge in [-0.2, -0.15) is 0 Å². The Labute approximate surface area is 152 Å². The molecule has 0 fully saturated rings. The van der Waals surface area contributed by atoms with Crippen molar-refractivity contribution < 1.29 is 29.5 Å². The third-order valence-electron chi connectivity index (χ3n) is 4.38. The van der Waals surface area contributed by atoms with Crippen molar-refractivity contribution in [2.75, 3.05) is 0 Å². The molecule has 138 valence electrons. The van der Waals surface area contributed by atoms with Crippen LogP contribution >= 0.6 is 0 Å². The lowest BCUT2D eigenvalue weighted by atomic mass is 9.91. The van der Waals surface area contributed by atoms with Gasteiger partial charge in [0.15, 0.2) is 17.5 Å². The van der Waals surface area contributed by atoms with Crippen LogP contribution in [-0.2, 0) is 16.0 Å². The Morgan fingerprint density at radius 3 is 2.42 bits per heavy atom. The molecule has 1 atom stereocenters. The normalized spacial score (nSPS) is 16.3. The third kappa shape index (κ3) is 3.37. The van der Waals surface area contributed by atoms with Crippen LogP contribution in [-0.4, -0.2) is 23.6 Å². The number of rotatable bonds is 3. The summed E-state index contributed by atoms with van der Waals surface area (Å²) in [5.74, 6) is 0.220. The summed E-state index contributed by atoms with van der Waals surface area (Å²) in [6.07, 6.45) is 1.41. The Kier molecular flexibility index (Phi) is 4.63. The Balaban J connectivity index is 2.30. The summed E-state index contributed by atoms with van der Waals surface area (Å²) in [4.78, 5) is 23.9. The zero-order valence-electron chi connectivity index (χ0n) is 15.5. The van der Waals surface area contributed by atoms with Crippen LogP contribution in [0.4, 0.5) is 0 Å². The van der Waals surface area contributed by atoms with Crippen molar-refractivity contribution in [2.24, 2.45) is 0 Å². The fourth-order valence-electron chi connectivity index (χ4n) is 3.06. The van der Waals surface area contributed by atoms with Crippen LogP contribution in [0.2, 0.25) is 0 Å². The predicted molar refractivity (Wildman–Crippen MR) is 96.3 cm³/mol. The number of ether oxygens (including phenoxy) is 3. The Morgan fingerprint density at radius 1 is 1.15 bits per heavy atom. The van der Waals surface area contributed by atoms with Gasteiger partial charge in [0.1, 0.15) is 11.4 Å². The van der Waals surface area contributed by atoms with Gasteiger partial charge in [-0.25, -0.2) is 4.79 Å². The summed E-state index contributed by atoms with van der Waals surface area (Å²) in [5, 5.41) is 1.49. The minimum atomic E-state index is -0.551. The molecule has 0 amide bonds. The monoisotopic (exact) mass is 358 g/mol. The highest BCUT2D eigenvalue weighted by Gasteiger charge is 2.34. The highest BCUT2D eigenvalue weighted by atomic mass is 16.6. The second kappa shape index (κ2) is 6.61. The number of quaternary nitrogens is 1. The van der Waals surface area contributed by atoms with Crippen LogP contribution < -0.4 is 19.9 Å². The van der Waals surface area contributed by atoms with Crippen molar-refractivity contribution in [1.29, 1.82) is 0 Å². The number of carbonyl (C=O) groups is 2. The Bertz CT molecular complexity index is 885. The molecule has 1 aliphatic rings. The summed E-state index contributed by atoms with van der Waals surface area (Å²) >= 11 is 0. The van der Waals surface area contributed by atoms with E-state index in [0.29, 0.717) is 17.6 Å². The van der Waals surface area contributed by atoms with E-state index in [0.717, 1.165) is 17.4 Å². The fraction of sp³-hybridized carbons (Fsp3) is 0.400. The van der Waals surface area contributed by atoms with Gasteiger partial charge >= 0.3 is 11.9 Å². The first-order chi connectivity index (χ1) is 12.2. The van der Waals surface area contributed by atoms with E-state index in [1.54, 1.807) is 6.92 Å². The average Bonchev–Trinajstić information content (AvgIpc) is 2.56. The van der Waals surface area contributed by atoms with Gasteiger partial charge in [0.05, 0.1) is 0 Å². The highest BCUT2D eigenvalue weighted by molar-refractivity contribution is 5.99. The molecule has 26 heavy (non-hydrogen) atoms. The van der Waals surface area contributed by atoms with Gasteiger partial charge in [-0.05, 0) is 33.6 Å². The van der Waals surface area contributed by atoms with E-state index < -0.39 is 18.0 Å². The zero-order chi connectivity index (χ0) is 19.1. The summed E-state index contributed by atoms with van der Waals surface area (Å²) in [7, 11) is 0. The summed E-state index contributed by atoms with van der Waals surface area (Å²) in [5.41, 5.74) is 4.12. The largest absolute Gasteiger partial charge is 0.487 e. The van der Waals surface area contributed by atoms with Crippen LogP contribution in [0, 0.1) is 0 Å². The number of fused-ring (bicyclic) bond motifs is 3. The van der Waals surface area contributed by atoms with E-state index >= 15 is 0 Å². The van der Waals surface area contributed by atoms with Crippen LogP contribution in [0.5, 0.6) is 17.2 Å². The first-order valence-electron chi connectivity index (χ1n) is 8.69. The van der Waals surface area contributed by atoms with Crippen molar-refractivity contribution >= 4 is 22.7 Å². The van der Waals surface area contributed by atoms with E-state index in [1.165, 1.54) is 6.92 Å². The molecule has 2 aromatic rings. The van der Waals surface area contributed by atoms with E-state index in [4.69, 9.17) is 14.2 Å². The van der Waals surface area contributed by atoms with Crippen molar-refractivity contribution in [3.63, 3.8) is 0 Å². The topological polar surface area (TPSA) is 89.5 Å². The molecule has 0 saturated heterocycles. The lowest BCUT2D eigenvalue weighted by molar-refractivity contribution is -0.401. The SMILES string of the molecule is CC(=O)Oc1c2c(c3ccccc3c1OC(=O)[C@H](C)[NH3+])OC(C)(C)CC2. The van der Waals surface area contributed by atoms with Gasteiger partial charge in [0, 0.05) is 23.3 Å². The van der Waals surface area contributed by atoms with Gasteiger partial charge in [0.2, 0.25) is 0 Å². The molecule has 1 heterocycles. The Morgan fingerprint density at radius 2 is 1.81 bits per heavy atom. The maximum Gasteiger partial charge on any atom is 0.369 e. The van der Waals surface area contributed by atoms with Crippen LogP contribution in [0.25, 0.3) is 10.8 Å². The zero-order valence-corrected chi connectivity index (χ0v) is 15.5. The smallest absolute Gasteiger partial charge is 0.369 e. The Hall–Kier alpha value is -2.60. The molecule has 0 spiro atoms. The lowest BCUT2D eigenvalue weighted by Crippen LogP contribution is -2.64. The first-order valence-corrected chi connectivity index (χ1v) is 8.69. The lowest BCUT2D eigenvalue weighted by Gasteiger charge is -2.34. The van der Waals surface area contributed by atoms with Crippen LogP contribution in [0.3, 0.4) is 0 Å². The maximum absolute atomic E-state index is 12.2. The quantitative estimate of drug-likeness (QED) is 0.672. The number of hydrogen-bond acceptors (Lipinski definition) is 5. The second-order valence-corrected chi connectivity index (χ2v) is 7.29. The van der Waals surface area contributed by atoms with E-state index in [2.05, 4.69) is 5.73 Å². The summed E-state index contributed by atoms with van der Waals surface area (Å²) < 4.78 is 17.3. The van der Waals surface area contributed by atoms with E-state index in [9.17, 15) is 9.59 Å². The van der Waals surface area contributed by atoms with Crippen molar-refractivity contribution in [3.05, 3.63) is 29.8 Å². The minimum absolute atomic E-state index is 0.248. The summed E-state index contributed by atoms with van der Waals surface area (Å²) in [6.45, 7) is 7.02. The molecule has 0 radical (unpaired) electrons. The molecule has 6 heteroatoms. The second-order valence-electron chi connectivity index (χ2n) is 7.29. The molecule has 3 N–H and O–H groups in total. The van der Waals surface area contributed by atoms with Crippen molar-refractivity contribution in [1.82, 2.24) is 0 Å². The highest BCUT2D eigenvalue weighted by Crippen LogP contribution is 2.50. The van der Waals surface area contributed by atoms with Gasteiger partial charge in [-0.15, -0.1) is 0 Å². The van der Waals surface area contributed by atoms with Crippen molar-refractivity contribution in [3.8, 4) is 17.2 Å². The molecule has 0 bridgehead atoms. The van der Waals surface area contributed by atoms with E-state index in [1.807, 2.05) is 38.1 Å². The van der Waals surface area contributed by atoms with Gasteiger partial charge in [-0.3, -0.25) is 4.79 Å². The first kappa shape index (κ1) is 18.2. The number of hydrogen-bond donors (Lipinski definition) is 1. The molecular formula is C20H24NO5+. The van der Waals surface area contributed by atoms with Gasteiger partial charge in [-0.1, -0.05) is 24.3 Å². The molecule has 1 aliphatic heterocycles. The van der Waals surface area contributed by atoms with Crippen LogP contribution in [0.1, 0.15) is 39.7 Å². The standard InChI is InChI=1S/C20H23NO5/c1-11(21)19(23)25-17-14-8-6-5-7-13(14)16-15(18(17)24-12(2)22)9-10-20(3,4)26-16/h5-8,11H,9-10,21H2,1-4H3/p+1/t11-/m0/s1. The van der Waals surface area contributed by atoms with Crippen LogP contribution in [0.15, 0.2) is 24.3 Å². The molecule has 3 rings (SSSR count). The van der Waals surface area contributed by atoms with Gasteiger partial charge < -0.3 is 19.9 Å². The minimum Gasteiger partial charge on any atom is -0.487 e. The molecular weight excluding hydrogens is 334 g/mol. The van der Waals surface area contributed by atoms with E-state index in [-0.39, 0.29) is 17.1 Å². The average molecular weight is 358 g/mol. The molecule has 0 aromatic heterocycles. The number of carbonyl (C=O) groups excluding carboxylic acids is 2. The fourth-order valence-corrected chi connectivity index (χ4v) is 3.06. The molecule has 2 aromatic carbocycles. The molecule has 0 unspecified atom stereocenters. The maximum atomic E-state index is 12.2. The number of benzene rings is 2. The summed E-state index contributed by atoms with van der Waals surface area (Å²) in [6, 6.07) is 6.92. The molecule has 0 aliphatic carbocycles. The third-order valence-corrected chi connectivity index (χ3v) is 4.38. The van der Waals surface area contributed by atoms with Crippen molar-refractivity contribution in [2.45, 2.75) is 52.2 Å². The number of esters is 2. The predicted octanol–water partition coefficient (Wildman–Crippen LogP) is 2.40. The molecule has 0 saturated carbocycles. The molecule has 6 nitrogen and oxygen atoms in total. The van der Waals surface area contributed by atoms with Gasteiger partial charge in [0.25, 0.3) is 0 Å².